The van der Waals surface area contributed by atoms with Gasteiger partial charge in [-0.05, 0) is 55.7 Å². The zero-order valence-corrected chi connectivity index (χ0v) is 10.1. The minimum atomic E-state index is -2.13. The van der Waals surface area contributed by atoms with E-state index < -0.39 is 8.32 Å². The van der Waals surface area contributed by atoms with Gasteiger partial charge in [0.25, 0.3) is 0 Å². The Labute approximate surface area is 81.6 Å². The van der Waals surface area contributed by atoms with Gasteiger partial charge in [-0.15, -0.1) is 0 Å². The van der Waals surface area contributed by atoms with Crippen LogP contribution < -0.4 is 5.19 Å². The molecule has 0 unspecified atom stereocenters. The minimum Gasteiger partial charge on any atom is -0.428 e. The molecule has 0 aliphatic heterocycles. The summed E-state index contributed by atoms with van der Waals surface area (Å²) in [6.07, 6.45) is 0. The average molecular weight is 194 g/mol. The summed E-state index contributed by atoms with van der Waals surface area (Å²) in [6.45, 7) is 10.3. The first kappa shape index (κ1) is 10.5. The van der Waals surface area contributed by atoms with Crippen LogP contribution in [0.3, 0.4) is 0 Å². The molecule has 0 amide bonds. The van der Waals surface area contributed by atoms with Crippen LogP contribution >= 0.6 is 0 Å². The quantitative estimate of drug-likeness (QED) is 0.678. The van der Waals surface area contributed by atoms with Gasteiger partial charge in [0.1, 0.15) is 0 Å². The van der Waals surface area contributed by atoms with Crippen LogP contribution in [0.4, 0.5) is 0 Å². The molecule has 0 atom stereocenters. The van der Waals surface area contributed by atoms with Gasteiger partial charge in [0.2, 0.25) is 8.32 Å². The zero-order valence-electron chi connectivity index (χ0n) is 9.10. The first-order chi connectivity index (χ1) is 5.84. The molecule has 0 heterocycles. The second-order valence-corrected chi connectivity index (χ2v) is 7.90. The fourth-order valence-corrected chi connectivity index (χ4v) is 3.22. The van der Waals surface area contributed by atoms with E-state index in [0.717, 1.165) is 5.19 Å². The maximum Gasteiger partial charge on any atom is 0.214 e. The topological polar surface area (TPSA) is 20.2 Å². The average Bonchev–Trinajstić information content (AvgIpc) is 1.98. The van der Waals surface area contributed by atoms with E-state index in [2.05, 4.69) is 32.9 Å². The molecule has 13 heavy (non-hydrogen) atoms. The second kappa shape index (κ2) is 3.27. The molecular weight excluding hydrogens is 176 g/mol. The Balaban J connectivity index is 3.35. The van der Waals surface area contributed by atoms with E-state index in [1.807, 2.05) is 13.1 Å². The molecule has 0 bridgehead atoms. The van der Waals surface area contributed by atoms with Gasteiger partial charge < -0.3 is 4.80 Å². The number of benzene rings is 1. The number of hydrogen-bond donors (Lipinski definition) is 1. The van der Waals surface area contributed by atoms with Crippen molar-refractivity contribution in [2.45, 2.75) is 33.9 Å². The monoisotopic (exact) mass is 194 g/mol. The van der Waals surface area contributed by atoms with Crippen LogP contribution in [-0.4, -0.2) is 13.1 Å². The fourth-order valence-electron chi connectivity index (χ4n) is 1.62. The Hall–Kier alpha value is -0.603. The molecule has 72 valence electrons. The van der Waals surface area contributed by atoms with E-state index in [9.17, 15) is 4.80 Å². The molecule has 0 radical (unpaired) electrons. The molecule has 0 spiro atoms. The standard InChI is InChI=1S/C11H18OSi/c1-8-6-7-11(13(4,5)12)10(3)9(8)2/h6-7,12H,1-5H3. The Bertz CT molecular complexity index is 324. The third kappa shape index (κ3) is 2.01. The molecule has 0 saturated carbocycles. The predicted octanol–water partition coefficient (Wildman–Crippen LogP) is 2.02. The summed E-state index contributed by atoms with van der Waals surface area (Å²) in [5, 5.41) is 1.16. The molecule has 1 aromatic rings. The smallest absolute Gasteiger partial charge is 0.214 e. The third-order valence-corrected chi connectivity index (χ3v) is 4.58. The van der Waals surface area contributed by atoms with E-state index in [1.54, 1.807) is 0 Å². The van der Waals surface area contributed by atoms with Crippen LogP contribution in [0.25, 0.3) is 0 Å². The molecule has 0 aliphatic carbocycles. The summed E-state index contributed by atoms with van der Waals surface area (Å²) >= 11 is 0. The normalized spacial score (nSPS) is 11.8. The van der Waals surface area contributed by atoms with Crippen molar-refractivity contribution in [3.8, 4) is 0 Å². The van der Waals surface area contributed by atoms with Gasteiger partial charge in [0.05, 0.1) is 0 Å². The van der Waals surface area contributed by atoms with Gasteiger partial charge in [-0.25, -0.2) is 0 Å². The summed E-state index contributed by atoms with van der Waals surface area (Å²) in [4.78, 5) is 10.0. The van der Waals surface area contributed by atoms with Crippen LogP contribution in [0, 0.1) is 20.8 Å². The third-order valence-electron chi connectivity index (χ3n) is 2.72. The van der Waals surface area contributed by atoms with E-state index in [4.69, 9.17) is 0 Å². The van der Waals surface area contributed by atoms with Crippen molar-refractivity contribution in [2.75, 3.05) is 0 Å². The Kier molecular flexibility index (Phi) is 2.64. The maximum atomic E-state index is 10.0. The number of hydrogen-bond acceptors (Lipinski definition) is 1. The highest BCUT2D eigenvalue weighted by molar-refractivity contribution is 6.83. The van der Waals surface area contributed by atoms with Crippen LogP contribution in [0.2, 0.25) is 13.1 Å². The Morgan fingerprint density at radius 1 is 1.00 bits per heavy atom. The van der Waals surface area contributed by atoms with Crippen molar-refractivity contribution in [2.24, 2.45) is 0 Å². The largest absolute Gasteiger partial charge is 0.428 e. The number of rotatable bonds is 1. The summed E-state index contributed by atoms with van der Waals surface area (Å²) in [5.41, 5.74) is 3.88. The van der Waals surface area contributed by atoms with Crippen molar-refractivity contribution >= 4 is 13.5 Å². The highest BCUT2D eigenvalue weighted by Crippen LogP contribution is 2.12. The zero-order chi connectivity index (χ0) is 10.2. The summed E-state index contributed by atoms with van der Waals surface area (Å²) < 4.78 is 0. The second-order valence-electron chi connectivity index (χ2n) is 4.24. The van der Waals surface area contributed by atoms with Crippen LogP contribution in [0.15, 0.2) is 12.1 Å². The van der Waals surface area contributed by atoms with Crippen molar-refractivity contribution in [1.82, 2.24) is 0 Å². The van der Waals surface area contributed by atoms with Crippen molar-refractivity contribution in [3.05, 3.63) is 28.8 Å². The molecule has 2 heteroatoms. The molecule has 1 nitrogen and oxygen atoms in total. The van der Waals surface area contributed by atoms with E-state index in [-0.39, 0.29) is 0 Å². The molecule has 1 aromatic carbocycles. The van der Waals surface area contributed by atoms with Crippen molar-refractivity contribution in [3.63, 3.8) is 0 Å². The van der Waals surface area contributed by atoms with Crippen LogP contribution in [-0.2, 0) is 0 Å². The molecule has 0 saturated heterocycles. The lowest BCUT2D eigenvalue weighted by atomic mass is 10.1. The van der Waals surface area contributed by atoms with Gasteiger partial charge in [-0.3, -0.25) is 0 Å². The molecule has 0 aliphatic rings. The Morgan fingerprint density at radius 3 is 2.00 bits per heavy atom. The molecule has 1 N–H and O–H groups in total. The predicted molar refractivity (Wildman–Crippen MR) is 60.0 cm³/mol. The van der Waals surface area contributed by atoms with E-state index in [0.29, 0.717) is 0 Å². The summed E-state index contributed by atoms with van der Waals surface area (Å²) in [6, 6.07) is 4.17. The highest BCUT2D eigenvalue weighted by Gasteiger charge is 2.22. The minimum absolute atomic E-state index is 1.16. The maximum absolute atomic E-state index is 10.0. The molecule has 0 fully saturated rings. The van der Waals surface area contributed by atoms with Gasteiger partial charge in [0.15, 0.2) is 0 Å². The highest BCUT2D eigenvalue weighted by atomic mass is 28.4. The van der Waals surface area contributed by atoms with Gasteiger partial charge in [-0.1, -0.05) is 12.1 Å². The van der Waals surface area contributed by atoms with Gasteiger partial charge in [-0.2, -0.15) is 0 Å². The summed E-state index contributed by atoms with van der Waals surface area (Å²) in [5.74, 6) is 0. The lowest BCUT2D eigenvalue weighted by Crippen LogP contribution is -2.43. The molecular formula is C11H18OSi. The first-order valence-corrected chi connectivity index (χ1v) is 7.58. The van der Waals surface area contributed by atoms with Crippen LogP contribution in [0.1, 0.15) is 16.7 Å². The lowest BCUT2D eigenvalue weighted by Gasteiger charge is -2.19. The molecule has 0 aromatic heterocycles. The SMILES string of the molecule is Cc1ccc([Si](C)(C)O)c(C)c1C. The fraction of sp³-hybridized carbons (Fsp3) is 0.455. The number of aryl methyl sites for hydroxylation is 1. The van der Waals surface area contributed by atoms with E-state index in [1.165, 1.54) is 16.7 Å². The van der Waals surface area contributed by atoms with Crippen LogP contribution in [0.5, 0.6) is 0 Å². The van der Waals surface area contributed by atoms with Gasteiger partial charge in [0, 0.05) is 0 Å². The lowest BCUT2D eigenvalue weighted by molar-refractivity contribution is 0.568. The summed E-state index contributed by atoms with van der Waals surface area (Å²) in [7, 11) is -2.13. The molecule has 1 rings (SSSR count). The van der Waals surface area contributed by atoms with E-state index >= 15 is 0 Å². The van der Waals surface area contributed by atoms with Gasteiger partial charge >= 0.3 is 0 Å². The van der Waals surface area contributed by atoms with Crippen molar-refractivity contribution < 1.29 is 4.80 Å². The Morgan fingerprint density at radius 2 is 1.54 bits per heavy atom. The first-order valence-electron chi connectivity index (χ1n) is 4.63. The van der Waals surface area contributed by atoms with Crippen molar-refractivity contribution in [1.29, 1.82) is 0 Å².